The molecule has 114 valence electrons. The van der Waals surface area contributed by atoms with Crippen LogP contribution in [-0.2, 0) is 4.74 Å². The van der Waals surface area contributed by atoms with E-state index in [2.05, 4.69) is 5.32 Å². The maximum absolute atomic E-state index is 13.3. The average molecular weight is 287 g/mol. The highest BCUT2D eigenvalue weighted by Gasteiger charge is 2.15. The van der Waals surface area contributed by atoms with Gasteiger partial charge >= 0.3 is 0 Å². The van der Waals surface area contributed by atoms with Crippen molar-refractivity contribution in [2.45, 2.75) is 32.4 Å². The van der Waals surface area contributed by atoms with Gasteiger partial charge in [0.1, 0.15) is 0 Å². The minimum absolute atomic E-state index is 0.281. The summed E-state index contributed by atoms with van der Waals surface area (Å²) in [5.74, 6) is -1.35. The quantitative estimate of drug-likeness (QED) is 0.772. The molecule has 0 aromatic heterocycles. The number of methoxy groups -OCH3 is 1. The molecular formula is C15H23F2NO2. The highest BCUT2D eigenvalue weighted by atomic mass is 19.2. The first-order chi connectivity index (χ1) is 9.43. The number of ether oxygens (including phenoxy) is 1. The van der Waals surface area contributed by atoms with Crippen LogP contribution in [0, 0.1) is 17.6 Å². The Morgan fingerprint density at radius 3 is 2.50 bits per heavy atom. The standard InChI is InChI=1S/C15H23F2NO2/c1-10(2)6-12(19)8-18-15(9-20-3)11-4-5-13(16)14(17)7-11/h4-5,7,10,12,15,18-19H,6,8-9H2,1-3H3. The number of nitrogens with one attached hydrogen (secondary N) is 1. The molecule has 0 aliphatic carbocycles. The fourth-order valence-electron chi connectivity index (χ4n) is 2.07. The molecule has 0 saturated heterocycles. The smallest absolute Gasteiger partial charge is 0.159 e. The Balaban J connectivity index is 2.66. The summed E-state index contributed by atoms with van der Waals surface area (Å²) in [5.41, 5.74) is 0.600. The van der Waals surface area contributed by atoms with Crippen molar-refractivity contribution < 1.29 is 18.6 Å². The first kappa shape index (κ1) is 17.0. The van der Waals surface area contributed by atoms with E-state index in [1.54, 1.807) is 7.11 Å². The number of rotatable bonds is 8. The second-order valence-corrected chi connectivity index (χ2v) is 5.37. The molecule has 0 aliphatic rings. The number of benzene rings is 1. The molecule has 0 heterocycles. The van der Waals surface area contributed by atoms with Gasteiger partial charge in [0, 0.05) is 13.7 Å². The SMILES string of the molecule is COCC(NCC(O)CC(C)C)c1ccc(F)c(F)c1. The minimum Gasteiger partial charge on any atom is -0.392 e. The van der Waals surface area contributed by atoms with Gasteiger partial charge in [0.25, 0.3) is 0 Å². The molecule has 0 fully saturated rings. The molecule has 0 saturated carbocycles. The molecule has 1 rings (SSSR count). The Morgan fingerprint density at radius 1 is 1.25 bits per heavy atom. The molecule has 0 amide bonds. The molecule has 5 heteroatoms. The van der Waals surface area contributed by atoms with Crippen molar-refractivity contribution in [3.63, 3.8) is 0 Å². The van der Waals surface area contributed by atoms with Crippen LogP contribution >= 0.6 is 0 Å². The largest absolute Gasteiger partial charge is 0.392 e. The van der Waals surface area contributed by atoms with Crippen LogP contribution in [0.15, 0.2) is 18.2 Å². The monoisotopic (exact) mass is 287 g/mol. The van der Waals surface area contributed by atoms with Crippen molar-refractivity contribution in [3.8, 4) is 0 Å². The van der Waals surface area contributed by atoms with Gasteiger partial charge in [-0.3, -0.25) is 0 Å². The lowest BCUT2D eigenvalue weighted by Gasteiger charge is -2.21. The van der Waals surface area contributed by atoms with Crippen molar-refractivity contribution in [1.29, 1.82) is 0 Å². The molecule has 1 aromatic rings. The summed E-state index contributed by atoms with van der Waals surface area (Å²) in [4.78, 5) is 0. The summed E-state index contributed by atoms with van der Waals surface area (Å²) in [6.07, 6.45) is 0.212. The first-order valence-corrected chi connectivity index (χ1v) is 6.79. The zero-order valence-corrected chi connectivity index (χ0v) is 12.2. The second kappa shape index (κ2) is 8.29. The van der Waals surface area contributed by atoms with E-state index in [-0.39, 0.29) is 6.04 Å². The van der Waals surface area contributed by atoms with Gasteiger partial charge in [0.15, 0.2) is 11.6 Å². The van der Waals surface area contributed by atoms with Gasteiger partial charge in [-0.15, -0.1) is 0 Å². The Labute approximate surface area is 119 Å². The molecule has 0 aliphatic heterocycles. The molecule has 2 N–H and O–H groups in total. The lowest BCUT2D eigenvalue weighted by molar-refractivity contribution is 0.124. The number of aliphatic hydroxyl groups is 1. The number of halogens is 2. The summed E-state index contributed by atoms with van der Waals surface area (Å²) in [6.45, 7) is 4.76. The van der Waals surface area contributed by atoms with Crippen LogP contribution in [0.4, 0.5) is 8.78 Å². The van der Waals surface area contributed by atoms with Gasteiger partial charge in [-0.2, -0.15) is 0 Å². The third-order valence-corrected chi connectivity index (χ3v) is 3.02. The molecule has 0 spiro atoms. The van der Waals surface area contributed by atoms with Crippen LogP contribution < -0.4 is 5.32 Å². The summed E-state index contributed by atoms with van der Waals surface area (Å²) >= 11 is 0. The van der Waals surface area contributed by atoms with Crippen LogP contribution in [0.1, 0.15) is 31.9 Å². The maximum Gasteiger partial charge on any atom is 0.159 e. The van der Waals surface area contributed by atoms with Gasteiger partial charge in [0.05, 0.1) is 18.8 Å². The normalized spacial score (nSPS) is 14.6. The molecule has 20 heavy (non-hydrogen) atoms. The van der Waals surface area contributed by atoms with Crippen LogP contribution in [0.2, 0.25) is 0 Å². The van der Waals surface area contributed by atoms with Crippen molar-refractivity contribution in [1.82, 2.24) is 5.32 Å². The lowest BCUT2D eigenvalue weighted by Crippen LogP contribution is -2.33. The van der Waals surface area contributed by atoms with E-state index in [9.17, 15) is 13.9 Å². The molecule has 2 unspecified atom stereocenters. The van der Waals surface area contributed by atoms with Gasteiger partial charge in [-0.25, -0.2) is 8.78 Å². The Bertz CT molecular complexity index is 413. The average Bonchev–Trinajstić information content (AvgIpc) is 2.37. The highest BCUT2D eigenvalue weighted by Crippen LogP contribution is 2.17. The predicted molar refractivity (Wildman–Crippen MR) is 74.4 cm³/mol. The maximum atomic E-state index is 13.3. The van der Waals surface area contributed by atoms with Crippen molar-refractivity contribution in [3.05, 3.63) is 35.4 Å². The van der Waals surface area contributed by atoms with Crippen molar-refractivity contribution in [2.24, 2.45) is 5.92 Å². The number of hydrogen-bond donors (Lipinski definition) is 2. The Hall–Kier alpha value is -1.04. The zero-order valence-electron chi connectivity index (χ0n) is 12.2. The molecular weight excluding hydrogens is 264 g/mol. The molecule has 0 bridgehead atoms. The van der Waals surface area contributed by atoms with E-state index in [1.807, 2.05) is 13.8 Å². The Kier molecular flexibility index (Phi) is 7.05. The van der Waals surface area contributed by atoms with E-state index in [0.29, 0.717) is 31.1 Å². The lowest BCUT2D eigenvalue weighted by atomic mass is 10.0. The van der Waals surface area contributed by atoms with E-state index in [0.717, 1.165) is 12.1 Å². The van der Waals surface area contributed by atoms with Crippen LogP contribution in [-0.4, -0.2) is 31.5 Å². The fraction of sp³-hybridized carbons (Fsp3) is 0.600. The van der Waals surface area contributed by atoms with Crippen LogP contribution in [0.3, 0.4) is 0 Å². The van der Waals surface area contributed by atoms with E-state index >= 15 is 0 Å². The van der Waals surface area contributed by atoms with Gasteiger partial charge < -0.3 is 15.2 Å². The van der Waals surface area contributed by atoms with Crippen LogP contribution in [0.25, 0.3) is 0 Å². The van der Waals surface area contributed by atoms with E-state index in [1.165, 1.54) is 6.07 Å². The van der Waals surface area contributed by atoms with Gasteiger partial charge in [0.2, 0.25) is 0 Å². The summed E-state index contributed by atoms with van der Waals surface area (Å²) < 4.78 is 31.3. The molecule has 3 nitrogen and oxygen atoms in total. The molecule has 2 atom stereocenters. The van der Waals surface area contributed by atoms with Crippen molar-refractivity contribution >= 4 is 0 Å². The number of aliphatic hydroxyl groups excluding tert-OH is 1. The third kappa shape index (κ3) is 5.53. The predicted octanol–water partition coefficient (Wildman–Crippen LogP) is 2.65. The summed E-state index contributed by atoms with van der Waals surface area (Å²) in [7, 11) is 1.54. The Morgan fingerprint density at radius 2 is 1.95 bits per heavy atom. The van der Waals surface area contributed by atoms with Gasteiger partial charge in [-0.05, 0) is 30.0 Å². The topological polar surface area (TPSA) is 41.5 Å². The fourth-order valence-corrected chi connectivity index (χ4v) is 2.07. The van der Waals surface area contributed by atoms with Crippen LogP contribution in [0.5, 0.6) is 0 Å². The zero-order chi connectivity index (χ0) is 15.1. The molecule has 1 aromatic carbocycles. The van der Waals surface area contributed by atoms with Crippen molar-refractivity contribution in [2.75, 3.05) is 20.3 Å². The molecule has 0 radical (unpaired) electrons. The van der Waals surface area contributed by atoms with E-state index < -0.39 is 17.7 Å². The minimum atomic E-state index is -0.881. The summed E-state index contributed by atoms with van der Waals surface area (Å²) in [5, 5.41) is 13.0. The number of hydrogen-bond acceptors (Lipinski definition) is 3. The summed E-state index contributed by atoms with van der Waals surface area (Å²) in [6, 6.07) is 3.49. The van der Waals surface area contributed by atoms with Gasteiger partial charge in [-0.1, -0.05) is 19.9 Å². The third-order valence-electron chi connectivity index (χ3n) is 3.02. The first-order valence-electron chi connectivity index (χ1n) is 6.79. The second-order valence-electron chi connectivity index (χ2n) is 5.37. The van der Waals surface area contributed by atoms with E-state index in [4.69, 9.17) is 4.74 Å². The highest BCUT2D eigenvalue weighted by molar-refractivity contribution is 5.21.